The molecule has 0 saturated heterocycles. The van der Waals surface area contributed by atoms with Crippen molar-refractivity contribution in [3.8, 4) is 0 Å². The predicted octanol–water partition coefficient (Wildman–Crippen LogP) is 4.03. The van der Waals surface area contributed by atoms with Gasteiger partial charge in [-0.2, -0.15) is 26.3 Å². The van der Waals surface area contributed by atoms with E-state index in [2.05, 4.69) is 11.3 Å². The first-order valence-corrected chi connectivity index (χ1v) is 7.47. The van der Waals surface area contributed by atoms with Crippen LogP contribution < -0.4 is 0 Å². The molecule has 4 atom stereocenters. The Hall–Kier alpha value is -1.25. The molecule has 24 heavy (non-hydrogen) atoms. The number of methoxy groups -OCH3 is 1. The smallest absolute Gasteiger partial charge is 0.426 e. The third-order valence-electron chi connectivity index (χ3n) is 5.19. The normalized spacial score (nSPS) is 30.5. The van der Waals surface area contributed by atoms with Crippen molar-refractivity contribution in [1.29, 1.82) is 0 Å². The summed E-state index contributed by atoms with van der Waals surface area (Å²) in [5, 5.41) is 0. The second kappa shape index (κ2) is 6.24. The molecule has 0 radical (unpaired) electrons. The molecule has 2 rings (SSSR count). The van der Waals surface area contributed by atoms with Gasteiger partial charge in [-0.3, -0.25) is 0 Å². The van der Waals surface area contributed by atoms with Gasteiger partial charge in [0.15, 0.2) is 0 Å². The van der Waals surface area contributed by atoms with Gasteiger partial charge in [-0.05, 0) is 43.4 Å². The molecule has 2 bridgehead atoms. The summed E-state index contributed by atoms with van der Waals surface area (Å²) in [5.74, 6) is -1.99. The molecule has 4 unspecified atom stereocenters. The molecule has 0 N–H and O–H groups in total. The SMILES string of the molecule is C=CC(=O)OC1CC2CC1CC2CC(OC)(C(F)(F)F)C(F)(F)F. The topological polar surface area (TPSA) is 35.5 Å². The Kier molecular flexibility index (Phi) is 4.96. The predicted molar refractivity (Wildman–Crippen MR) is 70.9 cm³/mol. The summed E-state index contributed by atoms with van der Waals surface area (Å²) in [6, 6.07) is 0. The molecule has 0 aromatic rings. The molecule has 2 fully saturated rings. The van der Waals surface area contributed by atoms with Crippen molar-refractivity contribution >= 4 is 5.97 Å². The molecule has 2 saturated carbocycles. The number of ether oxygens (including phenoxy) is 2. The first-order chi connectivity index (χ1) is 10.9. The van der Waals surface area contributed by atoms with E-state index in [1.165, 1.54) is 0 Å². The van der Waals surface area contributed by atoms with Crippen molar-refractivity contribution in [2.45, 2.75) is 49.7 Å². The zero-order chi connectivity index (χ0) is 18.3. The molecule has 2 aliphatic rings. The molecular formula is C15H18F6O3. The van der Waals surface area contributed by atoms with Crippen molar-refractivity contribution in [2.75, 3.05) is 7.11 Å². The summed E-state index contributed by atoms with van der Waals surface area (Å²) >= 11 is 0. The fraction of sp³-hybridized carbons (Fsp3) is 0.800. The number of hydrogen-bond donors (Lipinski definition) is 0. The lowest BCUT2D eigenvalue weighted by atomic mass is 9.78. The van der Waals surface area contributed by atoms with Crippen LogP contribution in [0.4, 0.5) is 26.3 Å². The highest BCUT2D eigenvalue weighted by Crippen LogP contribution is 2.57. The molecule has 0 aromatic heterocycles. The number of esters is 1. The maximum Gasteiger partial charge on any atom is 0.426 e. The second-order valence-corrected chi connectivity index (χ2v) is 6.40. The zero-order valence-corrected chi connectivity index (χ0v) is 12.9. The van der Waals surface area contributed by atoms with Crippen LogP contribution in [0.3, 0.4) is 0 Å². The Bertz CT molecular complexity index is 484. The molecule has 9 heteroatoms. The molecule has 0 spiro atoms. The van der Waals surface area contributed by atoms with Gasteiger partial charge in [0.1, 0.15) is 6.10 Å². The van der Waals surface area contributed by atoms with Crippen molar-refractivity contribution in [1.82, 2.24) is 0 Å². The average Bonchev–Trinajstić information content (AvgIpc) is 3.01. The number of halogens is 6. The highest BCUT2D eigenvalue weighted by Gasteiger charge is 2.72. The molecule has 0 amide bonds. The monoisotopic (exact) mass is 360 g/mol. The van der Waals surface area contributed by atoms with Gasteiger partial charge in [-0.1, -0.05) is 6.58 Å². The third kappa shape index (κ3) is 3.14. The summed E-state index contributed by atoms with van der Waals surface area (Å²) in [7, 11) is 0.433. The van der Waals surface area contributed by atoms with Crippen molar-refractivity contribution in [3.05, 3.63) is 12.7 Å². The highest BCUT2D eigenvalue weighted by molar-refractivity contribution is 5.81. The maximum atomic E-state index is 13.1. The summed E-state index contributed by atoms with van der Waals surface area (Å²) in [5.41, 5.74) is -4.16. The van der Waals surface area contributed by atoms with E-state index in [1.807, 2.05) is 0 Å². The Morgan fingerprint density at radius 2 is 1.67 bits per heavy atom. The molecule has 0 aromatic carbocycles. The number of carbonyl (C=O) groups excluding carboxylic acids is 1. The van der Waals surface area contributed by atoms with Crippen LogP contribution in [0.5, 0.6) is 0 Å². The number of alkyl halides is 6. The molecule has 0 aliphatic heterocycles. The Morgan fingerprint density at radius 1 is 1.08 bits per heavy atom. The quantitative estimate of drug-likeness (QED) is 0.422. The van der Waals surface area contributed by atoms with Crippen LogP contribution in [0.25, 0.3) is 0 Å². The second-order valence-electron chi connectivity index (χ2n) is 6.40. The van der Waals surface area contributed by atoms with Gasteiger partial charge in [-0.25, -0.2) is 4.79 Å². The van der Waals surface area contributed by atoms with Gasteiger partial charge in [-0.15, -0.1) is 0 Å². The zero-order valence-electron chi connectivity index (χ0n) is 12.9. The van der Waals surface area contributed by atoms with Crippen molar-refractivity contribution in [3.63, 3.8) is 0 Å². The average molecular weight is 360 g/mol. The largest absolute Gasteiger partial charge is 0.459 e. The van der Waals surface area contributed by atoms with E-state index in [0.29, 0.717) is 13.5 Å². The van der Waals surface area contributed by atoms with Gasteiger partial charge < -0.3 is 9.47 Å². The standard InChI is InChI=1S/C15H18F6O3/c1-3-12(22)24-11-6-8-4-9(11)5-10(8)7-13(23-2,14(16,17)18)15(19,20)21/h3,8-11H,1,4-7H2,2H3. The number of fused-ring (bicyclic) bond motifs is 2. The third-order valence-corrected chi connectivity index (χ3v) is 5.19. The summed E-state index contributed by atoms with van der Waals surface area (Å²) in [4.78, 5) is 11.2. The van der Waals surface area contributed by atoms with E-state index >= 15 is 0 Å². The molecular weight excluding hydrogens is 342 g/mol. The molecule has 138 valence electrons. The van der Waals surface area contributed by atoms with Crippen LogP contribution in [0.1, 0.15) is 25.7 Å². The number of carbonyl (C=O) groups is 1. The Balaban J connectivity index is 2.12. The minimum Gasteiger partial charge on any atom is -0.459 e. The van der Waals surface area contributed by atoms with Gasteiger partial charge in [0.2, 0.25) is 0 Å². The minimum atomic E-state index is -5.56. The van der Waals surface area contributed by atoms with Crippen LogP contribution in [-0.4, -0.2) is 37.1 Å². The first kappa shape index (κ1) is 19.1. The Labute approximate surface area is 135 Å². The van der Waals surface area contributed by atoms with E-state index in [1.54, 1.807) is 0 Å². The van der Waals surface area contributed by atoms with Gasteiger partial charge >= 0.3 is 18.3 Å². The van der Waals surface area contributed by atoms with Crippen LogP contribution in [0.15, 0.2) is 12.7 Å². The van der Waals surface area contributed by atoms with Gasteiger partial charge in [0, 0.05) is 13.2 Å². The fourth-order valence-corrected chi connectivity index (χ4v) is 4.01. The molecule has 3 nitrogen and oxygen atoms in total. The lowest BCUT2D eigenvalue weighted by Crippen LogP contribution is -2.59. The van der Waals surface area contributed by atoms with Crippen LogP contribution in [0.2, 0.25) is 0 Å². The number of hydrogen-bond acceptors (Lipinski definition) is 3. The van der Waals surface area contributed by atoms with E-state index in [4.69, 9.17) is 4.74 Å². The van der Waals surface area contributed by atoms with E-state index in [0.717, 1.165) is 6.08 Å². The highest BCUT2D eigenvalue weighted by atomic mass is 19.4. The summed E-state index contributed by atoms with van der Waals surface area (Å²) in [6.45, 7) is 3.25. The van der Waals surface area contributed by atoms with E-state index in [-0.39, 0.29) is 24.7 Å². The van der Waals surface area contributed by atoms with Crippen LogP contribution >= 0.6 is 0 Å². The summed E-state index contributed by atoms with van der Waals surface area (Å²) < 4.78 is 87.9. The fourth-order valence-electron chi connectivity index (χ4n) is 4.01. The van der Waals surface area contributed by atoms with E-state index < -0.39 is 42.4 Å². The van der Waals surface area contributed by atoms with Gasteiger partial charge in [0.25, 0.3) is 5.60 Å². The van der Waals surface area contributed by atoms with Gasteiger partial charge in [0.05, 0.1) is 0 Å². The Morgan fingerprint density at radius 3 is 2.04 bits per heavy atom. The number of rotatable bonds is 5. The minimum absolute atomic E-state index is 0.150. The van der Waals surface area contributed by atoms with Crippen LogP contribution in [0, 0.1) is 17.8 Å². The molecule has 0 heterocycles. The van der Waals surface area contributed by atoms with Crippen molar-refractivity contribution < 1.29 is 40.6 Å². The lowest BCUT2D eigenvalue weighted by molar-refractivity contribution is -0.380. The van der Waals surface area contributed by atoms with Crippen molar-refractivity contribution in [2.24, 2.45) is 17.8 Å². The summed E-state index contributed by atoms with van der Waals surface area (Å²) in [6.07, 6.45) is -10.9. The first-order valence-electron chi connectivity index (χ1n) is 7.47. The lowest BCUT2D eigenvalue weighted by Gasteiger charge is -2.39. The van der Waals surface area contributed by atoms with Crippen LogP contribution in [-0.2, 0) is 14.3 Å². The maximum absolute atomic E-state index is 13.1. The van der Waals surface area contributed by atoms with E-state index in [9.17, 15) is 31.1 Å². The molecule has 2 aliphatic carbocycles.